The highest BCUT2D eigenvalue weighted by Crippen LogP contribution is 2.02. The summed E-state index contributed by atoms with van der Waals surface area (Å²) < 4.78 is 5.30. The Morgan fingerprint density at radius 3 is 3.00 bits per heavy atom. The van der Waals surface area contributed by atoms with Crippen molar-refractivity contribution in [1.29, 1.82) is 0 Å². The maximum atomic E-state index is 9.26. The molecule has 0 aromatic carbocycles. The molecule has 2 heterocycles. The predicted octanol–water partition coefficient (Wildman–Crippen LogP) is 0.924. The molecule has 0 saturated carbocycles. The van der Waals surface area contributed by atoms with Gasteiger partial charge in [-0.2, -0.15) is 0 Å². The molecule has 2 aromatic heterocycles. The lowest BCUT2D eigenvalue weighted by Crippen LogP contribution is -2.20. The third-order valence-corrected chi connectivity index (χ3v) is 1.90. The van der Waals surface area contributed by atoms with Crippen molar-refractivity contribution in [3.05, 3.63) is 29.0 Å². The van der Waals surface area contributed by atoms with Gasteiger partial charge in [-0.15, -0.1) is 0 Å². The zero-order valence-corrected chi connectivity index (χ0v) is 7.24. The quantitative estimate of drug-likeness (QED) is 0.647. The number of furan rings is 1. The molecule has 0 aliphatic heterocycles. The fourth-order valence-electron chi connectivity index (χ4n) is 1.27. The van der Waals surface area contributed by atoms with E-state index in [0.717, 1.165) is 5.39 Å². The van der Waals surface area contributed by atoms with E-state index in [0.29, 0.717) is 16.3 Å². The standard InChI is InChI=1S/C10H9NO2/c1-6-8-4-3-5-11-10(8)13-9(6)7(2)12/h3-5,12H,1H2,2H3/b9-7-. The Balaban J connectivity index is 3.08. The van der Waals surface area contributed by atoms with Crippen molar-refractivity contribution in [3.63, 3.8) is 0 Å². The van der Waals surface area contributed by atoms with Crippen LogP contribution in [0.3, 0.4) is 0 Å². The van der Waals surface area contributed by atoms with Crippen molar-refractivity contribution in [1.82, 2.24) is 4.98 Å². The van der Waals surface area contributed by atoms with Crippen LogP contribution in [0.5, 0.6) is 0 Å². The van der Waals surface area contributed by atoms with Crippen molar-refractivity contribution in [2.75, 3.05) is 0 Å². The molecule has 0 aliphatic carbocycles. The van der Waals surface area contributed by atoms with E-state index < -0.39 is 0 Å². The number of rotatable bonds is 0. The van der Waals surface area contributed by atoms with Crippen LogP contribution in [0.4, 0.5) is 0 Å². The second-order valence-electron chi connectivity index (χ2n) is 2.85. The minimum atomic E-state index is 0.128. The van der Waals surface area contributed by atoms with Crippen LogP contribution < -0.4 is 10.6 Å². The van der Waals surface area contributed by atoms with Crippen molar-refractivity contribution in [3.8, 4) is 0 Å². The summed E-state index contributed by atoms with van der Waals surface area (Å²) in [5.74, 6) is 0.128. The van der Waals surface area contributed by atoms with Gasteiger partial charge in [0, 0.05) is 16.8 Å². The van der Waals surface area contributed by atoms with Gasteiger partial charge in [0.2, 0.25) is 5.71 Å². The number of hydrogen-bond acceptors (Lipinski definition) is 3. The SMILES string of the molecule is C=c1/c(=C(\C)O)oc2ncccc12. The van der Waals surface area contributed by atoms with Crippen LogP contribution in [0.2, 0.25) is 0 Å². The molecular formula is C10H9NO2. The summed E-state index contributed by atoms with van der Waals surface area (Å²) in [6, 6.07) is 3.67. The van der Waals surface area contributed by atoms with Gasteiger partial charge in [-0.25, -0.2) is 4.98 Å². The number of aromatic nitrogens is 1. The molecule has 2 rings (SSSR count). The zero-order chi connectivity index (χ0) is 9.42. The molecule has 1 N–H and O–H groups in total. The van der Waals surface area contributed by atoms with E-state index in [1.165, 1.54) is 0 Å². The van der Waals surface area contributed by atoms with E-state index >= 15 is 0 Å². The highest BCUT2D eigenvalue weighted by atomic mass is 16.4. The molecule has 13 heavy (non-hydrogen) atoms. The average molecular weight is 175 g/mol. The first-order chi connectivity index (χ1) is 6.20. The summed E-state index contributed by atoms with van der Waals surface area (Å²) >= 11 is 0. The molecular weight excluding hydrogens is 166 g/mol. The van der Waals surface area contributed by atoms with Crippen LogP contribution >= 0.6 is 0 Å². The Kier molecular flexibility index (Phi) is 1.59. The molecule has 0 spiro atoms. The van der Waals surface area contributed by atoms with Crippen molar-refractivity contribution >= 4 is 23.4 Å². The molecule has 0 radical (unpaired) electrons. The van der Waals surface area contributed by atoms with Crippen molar-refractivity contribution in [2.24, 2.45) is 0 Å². The highest BCUT2D eigenvalue weighted by Gasteiger charge is 2.02. The van der Waals surface area contributed by atoms with Crippen molar-refractivity contribution in [2.45, 2.75) is 6.92 Å². The molecule has 2 aromatic rings. The minimum Gasteiger partial charge on any atom is -0.509 e. The summed E-state index contributed by atoms with van der Waals surface area (Å²) in [6.07, 6.45) is 1.64. The lowest BCUT2D eigenvalue weighted by molar-refractivity contribution is 0.461. The van der Waals surface area contributed by atoms with E-state index in [-0.39, 0.29) is 5.76 Å². The Labute approximate surface area is 74.6 Å². The largest absolute Gasteiger partial charge is 0.509 e. The van der Waals surface area contributed by atoms with E-state index in [1.807, 2.05) is 12.1 Å². The van der Waals surface area contributed by atoms with Crippen molar-refractivity contribution < 1.29 is 9.52 Å². The number of pyridine rings is 1. The number of hydrogen-bond donors (Lipinski definition) is 1. The number of nitrogens with zero attached hydrogens (tertiary/aromatic N) is 1. The maximum absolute atomic E-state index is 9.26. The topological polar surface area (TPSA) is 46.3 Å². The first-order valence-electron chi connectivity index (χ1n) is 3.92. The van der Waals surface area contributed by atoms with Gasteiger partial charge in [-0.3, -0.25) is 0 Å². The highest BCUT2D eigenvalue weighted by molar-refractivity contribution is 5.74. The van der Waals surface area contributed by atoms with Crippen LogP contribution in [0.15, 0.2) is 22.7 Å². The molecule has 0 saturated heterocycles. The molecule has 0 bridgehead atoms. The Bertz CT molecular complexity index is 550. The molecule has 0 fully saturated rings. The first-order valence-corrected chi connectivity index (χ1v) is 3.92. The normalized spacial score (nSPS) is 13.3. The molecule has 0 unspecified atom stereocenters. The number of aliphatic hydroxyl groups excluding tert-OH is 1. The van der Waals surface area contributed by atoms with Gasteiger partial charge in [0.25, 0.3) is 0 Å². The zero-order valence-electron chi connectivity index (χ0n) is 7.24. The minimum absolute atomic E-state index is 0.128. The van der Waals surface area contributed by atoms with Gasteiger partial charge < -0.3 is 9.52 Å². The third-order valence-electron chi connectivity index (χ3n) is 1.90. The predicted molar refractivity (Wildman–Crippen MR) is 50.5 cm³/mol. The van der Waals surface area contributed by atoms with Crippen LogP contribution in [0.1, 0.15) is 6.92 Å². The van der Waals surface area contributed by atoms with Crippen LogP contribution in [0, 0.1) is 0 Å². The summed E-state index contributed by atoms with van der Waals surface area (Å²) in [7, 11) is 0. The van der Waals surface area contributed by atoms with E-state index in [2.05, 4.69) is 11.6 Å². The van der Waals surface area contributed by atoms with Gasteiger partial charge >= 0.3 is 0 Å². The molecule has 3 heteroatoms. The first kappa shape index (κ1) is 7.86. The summed E-state index contributed by atoms with van der Waals surface area (Å²) in [5, 5.41) is 10.8. The van der Waals surface area contributed by atoms with E-state index in [9.17, 15) is 5.11 Å². The maximum Gasteiger partial charge on any atom is 0.227 e. The van der Waals surface area contributed by atoms with Gasteiger partial charge in [-0.05, 0) is 19.1 Å². The lowest BCUT2D eigenvalue weighted by Gasteiger charge is -1.81. The van der Waals surface area contributed by atoms with E-state index in [1.54, 1.807) is 13.1 Å². The Morgan fingerprint density at radius 1 is 1.62 bits per heavy atom. The van der Waals surface area contributed by atoms with Crippen LogP contribution in [-0.2, 0) is 0 Å². The second kappa shape index (κ2) is 2.62. The lowest BCUT2D eigenvalue weighted by atomic mass is 10.3. The molecule has 0 aliphatic rings. The van der Waals surface area contributed by atoms with Gasteiger partial charge in [-0.1, -0.05) is 6.58 Å². The molecule has 0 amide bonds. The third kappa shape index (κ3) is 1.09. The fraction of sp³-hybridized carbons (Fsp3) is 0.100. The average Bonchev–Trinajstić information content (AvgIpc) is 2.45. The monoisotopic (exact) mass is 175 g/mol. The summed E-state index contributed by atoms with van der Waals surface area (Å²) in [5.41, 5.74) is 0.921. The molecule has 0 atom stereocenters. The number of fused-ring (bicyclic) bond motifs is 1. The summed E-state index contributed by atoms with van der Waals surface area (Å²) in [6.45, 7) is 5.38. The molecule has 3 nitrogen and oxygen atoms in total. The van der Waals surface area contributed by atoms with Crippen LogP contribution in [0.25, 0.3) is 23.4 Å². The van der Waals surface area contributed by atoms with Gasteiger partial charge in [0.05, 0.1) is 0 Å². The van der Waals surface area contributed by atoms with E-state index in [4.69, 9.17) is 4.42 Å². The Hall–Kier alpha value is -1.77. The fourth-order valence-corrected chi connectivity index (χ4v) is 1.27. The summed E-state index contributed by atoms with van der Waals surface area (Å²) in [4.78, 5) is 4.01. The smallest absolute Gasteiger partial charge is 0.227 e. The van der Waals surface area contributed by atoms with Gasteiger partial charge in [0.1, 0.15) is 5.76 Å². The molecule has 66 valence electrons. The number of aliphatic hydroxyl groups is 1. The second-order valence-corrected chi connectivity index (χ2v) is 2.85. The van der Waals surface area contributed by atoms with Crippen LogP contribution in [-0.4, -0.2) is 10.1 Å². The van der Waals surface area contributed by atoms with Gasteiger partial charge in [0.15, 0.2) is 5.42 Å². The Morgan fingerprint density at radius 2 is 2.38 bits per heavy atom.